The lowest BCUT2D eigenvalue weighted by Gasteiger charge is -2.34. The minimum atomic E-state index is -0.539. The second-order valence-corrected chi connectivity index (χ2v) is 9.64. The van der Waals surface area contributed by atoms with Crippen LogP contribution in [0.3, 0.4) is 0 Å². The van der Waals surface area contributed by atoms with E-state index in [0.717, 1.165) is 24.2 Å². The maximum absolute atomic E-state index is 13.1. The molecule has 0 spiro atoms. The molecule has 2 aromatic rings. The van der Waals surface area contributed by atoms with Crippen molar-refractivity contribution in [2.24, 2.45) is 10.1 Å². The number of ether oxygens (including phenoxy) is 2. The van der Waals surface area contributed by atoms with E-state index >= 15 is 0 Å². The fourth-order valence-corrected chi connectivity index (χ4v) is 5.15. The van der Waals surface area contributed by atoms with E-state index in [9.17, 15) is 4.79 Å². The molecule has 0 aromatic heterocycles. The van der Waals surface area contributed by atoms with Gasteiger partial charge in [-0.25, -0.2) is 5.01 Å². The Balaban J connectivity index is 1.94. The zero-order chi connectivity index (χ0) is 22.1. The van der Waals surface area contributed by atoms with E-state index < -0.39 is 6.17 Å². The molecule has 31 heavy (non-hydrogen) atoms. The zero-order valence-corrected chi connectivity index (χ0v) is 21.2. The summed E-state index contributed by atoms with van der Waals surface area (Å²) in [5.74, 6) is 1.64. The molecule has 0 saturated carbocycles. The van der Waals surface area contributed by atoms with Crippen LogP contribution >= 0.6 is 50.3 Å². The van der Waals surface area contributed by atoms with Crippen molar-refractivity contribution in [2.75, 3.05) is 20.0 Å². The summed E-state index contributed by atoms with van der Waals surface area (Å²) < 4.78 is 12.7. The van der Waals surface area contributed by atoms with E-state index in [1.54, 1.807) is 25.3 Å². The highest BCUT2D eigenvalue weighted by Crippen LogP contribution is 2.39. The number of hydrogen-bond donors (Lipinski definition) is 1. The molecule has 0 aliphatic carbocycles. The normalized spacial score (nSPS) is 17.1. The molecular weight excluding hydrogens is 595 g/mol. The largest absolute Gasteiger partial charge is 0.493 e. The first-order valence-electron chi connectivity index (χ1n) is 9.18. The van der Waals surface area contributed by atoms with Crippen LogP contribution in [0.1, 0.15) is 11.7 Å². The van der Waals surface area contributed by atoms with Gasteiger partial charge in [-0.3, -0.25) is 15.1 Å². The molecule has 0 radical (unpaired) electrons. The van der Waals surface area contributed by atoms with Crippen LogP contribution in [-0.4, -0.2) is 36.1 Å². The number of fused-ring (bicyclic) bond motifs is 2. The van der Waals surface area contributed by atoms with Crippen LogP contribution in [-0.2, 0) is 4.79 Å². The number of thioether (sulfide) groups is 1. The van der Waals surface area contributed by atoms with Gasteiger partial charge in [-0.15, -0.1) is 11.7 Å². The van der Waals surface area contributed by atoms with Crippen molar-refractivity contribution in [3.63, 3.8) is 0 Å². The number of nitrogens with one attached hydrogen (secondary N) is 1. The van der Waals surface area contributed by atoms with Crippen LogP contribution in [0.4, 0.5) is 0 Å². The van der Waals surface area contributed by atoms with Crippen molar-refractivity contribution in [3.05, 3.63) is 67.2 Å². The van der Waals surface area contributed by atoms with Crippen molar-refractivity contribution in [1.82, 2.24) is 10.3 Å². The first-order chi connectivity index (χ1) is 15.0. The molecule has 2 heterocycles. The fourth-order valence-electron chi connectivity index (χ4n) is 3.36. The Bertz CT molecular complexity index is 1230. The van der Waals surface area contributed by atoms with Crippen molar-refractivity contribution in [1.29, 1.82) is 0 Å². The zero-order valence-electron chi connectivity index (χ0n) is 16.7. The van der Waals surface area contributed by atoms with Crippen LogP contribution in [0.25, 0.3) is 5.70 Å². The summed E-state index contributed by atoms with van der Waals surface area (Å²) in [6, 6.07) is 9.52. The third-order valence-electron chi connectivity index (χ3n) is 4.66. The van der Waals surface area contributed by atoms with Crippen LogP contribution in [0, 0.1) is 3.57 Å². The van der Waals surface area contributed by atoms with Gasteiger partial charge in [0.15, 0.2) is 22.8 Å². The number of benzene rings is 2. The van der Waals surface area contributed by atoms with E-state index in [1.807, 2.05) is 30.3 Å². The predicted molar refractivity (Wildman–Crippen MR) is 133 cm³/mol. The summed E-state index contributed by atoms with van der Waals surface area (Å²) in [7, 11) is 3.20. The molecule has 10 heteroatoms. The first kappa shape index (κ1) is 22.2. The molecule has 0 bridgehead atoms. The summed E-state index contributed by atoms with van der Waals surface area (Å²) in [5, 5.41) is 11.2. The number of amides is 1. The average Bonchev–Trinajstić information content (AvgIpc) is 2.76. The van der Waals surface area contributed by atoms with E-state index in [2.05, 4.69) is 50.4 Å². The lowest BCUT2D eigenvalue weighted by atomic mass is 10.1. The molecule has 0 fully saturated rings. The fraction of sp³-hybridized carbons (Fsp3) is 0.190. The first-order valence-corrected chi connectivity index (χ1v) is 12.0. The SMILES string of the molecule is C=CCSC1=NN2C(=c3cc(Br)ccc3=N[C@@H]2c2cc(I)c(OC)c(OC)c2)C(=O)N1. The lowest BCUT2D eigenvalue weighted by Crippen LogP contribution is -2.50. The molecule has 160 valence electrons. The number of methoxy groups -OCH3 is 2. The molecule has 1 N–H and O–H groups in total. The number of carbonyl (C=O) groups is 1. The smallest absolute Gasteiger partial charge is 0.276 e. The molecule has 4 rings (SSSR count). The van der Waals surface area contributed by atoms with Gasteiger partial charge in [0.05, 0.1) is 23.1 Å². The maximum atomic E-state index is 13.1. The topological polar surface area (TPSA) is 75.5 Å². The molecule has 0 unspecified atom stereocenters. The van der Waals surface area contributed by atoms with Gasteiger partial charge in [0, 0.05) is 21.0 Å². The van der Waals surface area contributed by atoms with Crippen molar-refractivity contribution >= 4 is 67.1 Å². The maximum Gasteiger partial charge on any atom is 0.276 e. The number of hydrogen-bond acceptors (Lipinski definition) is 7. The Morgan fingerprint density at radius 3 is 2.84 bits per heavy atom. The summed E-state index contributed by atoms with van der Waals surface area (Å²) >= 11 is 7.09. The predicted octanol–water partition coefficient (Wildman–Crippen LogP) is 3.13. The van der Waals surface area contributed by atoms with Gasteiger partial charge in [0.1, 0.15) is 5.70 Å². The molecule has 7 nitrogen and oxygen atoms in total. The van der Waals surface area contributed by atoms with Gasteiger partial charge in [0.2, 0.25) is 0 Å². The van der Waals surface area contributed by atoms with E-state index in [0.29, 0.717) is 28.1 Å². The Kier molecular flexibility index (Phi) is 6.58. The van der Waals surface area contributed by atoms with Crippen LogP contribution in [0.2, 0.25) is 0 Å². The second-order valence-electron chi connectivity index (χ2n) is 6.55. The Hall–Kier alpha value is -2.05. The highest BCUT2D eigenvalue weighted by Gasteiger charge is 2.35. The third kappa shape index (κ3) is 4.20. The molecule has 2 aromatic carbocycles. The Morgan fingerprint density at radius 1 is 1.32 bits per heavy atom. The number of halogens is 2. The molecule has 2 aliphatic heterocycles. The van der Waals surface area contributed by atoms with Crippen LogP contribution in [0.5, 0.6) is 11.5 Å². The number of rotatable bonds is 5. The minimum absolute atomic E-state index is 0.226. The van der Waals surface area contributed by atoms with Crippen LogP contribution in [0.15, 0.2) is 57.6 Å². The Labute approximate surface area is 205 Å². The van der Waals surface area contributed by atoms with E-state index in [1.165, 1.54) is 11.8 Å². The average molecular weight is 613 g/mol. The molecule has 1 amide bonds. The van der Waals surface area contributed by atoms with Crippen molar-refractivity contribution < 1.29 is 14.3 Å². The monoisotopic (exact) mass is 612 g/mol. The van der Waals surface area contributed by atoms with Gasteiger partial charge >= 0.3 is 0 Å². The van der Waals surface area contributed by atoms with Gasteiger partial charge in [-0.2, -0.15) is 0 Å². The standard InChI is InChI=1S/C21H18BrIN4O3S/c1-4-7-31-21-25-20(28)17-13-10-12(22)5-6-15(13)24-19(27(17)26-21)11-8-14(23)18(30-3)16(9-11)29-2/h4-6,8-10,19H,1,7H2,2-3H3,(H,25,26,28)/t19-/m0/s1. The van der Waals surface area contributed by atoms with Gasteiger partial charge in [-0.05, 0) is 52.9 Å². The van der Waals surface area contributed by atoms with E-state index in [4.69, 9.17) is 19.6 Å². The summed E-state index contributed by atoms with van der Waals surface area (Å²) in [6.45, 7) is 3.74. The van der Waals surface area contributed by atoms with Crippen molar-refractivity contribution in [3.8, 4) is 11.5 Å². The number of amidine groups is 1. The summed E-state index contributed by atoms with van der Waals surface area (Å²) in [6.07, 6.45) is 1.22. The number of nitrogens with zero attached hydrogens (tertiary/aromatic N) is 3. The van der Waals surface area contributed by atoms with Crippen LogP contribution < -0.4 is 25.4 Å². The summed E-state index contributed by atoms with van der Waals surface area (Å²) in [5.41, 5.74) is 1.28. The Morgan fingerprint density at radius 2 is 2.13 bits per heavy atom. The molecular formula is C21H18BrIN4O3S. The van der Waals surface area contributed by atoms with E-state index in [-0.39, 0.29) is 5.91 Å². The van der Waals surface area contributed by atoms with Gasteiger partial charge < -0.3 is 9.47 Å². The highest BCUT2D eigenvalue weighted by atomic mass is 127. The third-order valence-corrected chi connectivity index (χ3v) is 6.82. The summed E-state index contributed by atoms with van der Waals surface area (Å²) in [4.78, 5) is 18.1. The quantitative estimate of drug-likeness (QED) is 0.415. The molecule has 0 saturated heterocycles. The minimum Gasteiger partial charge on any atom is -0.493 e. The molecule has 2 aliphatic rings. The van der Waals surface area contributed by atoms with Crippen molar-refractivity contribution in [2.45, 2.75) is 6.17 Å². The highest BCUT2D eigenvalue weighted by molar-refractivity contribution is 14.1. The van der Waals surface area contributed by atoms with Gasteiger partial charge in [-0.1, -0.05) is 33.8 Å². The number of carbonyl (C=O) groups excluding carboxylic acids is 1. The van der Waals surface area contributed by atoms with Gasteiger partial charge in [0.25, 0.3) is 5.91 Å². The number of hydrazone groups is 1. The lowest BCUT2D eigenvalue weighted by molar-refractivity contribution is -0.116. The molecule has 1 atom stereocenters. The second kappa shape index (κ2) is 9.21.